The molecular formula is C29H29ClN6O6. The van der Waals surface area contributed by atoms with E-state index in [1.807, 2.05) is 0 Å². The lowest BCUT2D eigenvalue weighted by Gasteiger charge is -2.27. The van der Waals surface area contributed by atoms with Gasteiger partial charge in [-0.3, -0.25) is 14.4 Å². The van der Waals surface area contributed by atoms with Gasteiger partial charge in [0.15, 0.2) is 0 Å². The lowest BCUT2D eigenvalue weighted by atomic mass is 10.1. The molecule has 218 valence electrons. The van der Waals surface area contributed by atoms with Gasteiger partial charge in [-0.05, 0) is 69.5 Å². The molecule has 0 saturated carbocycles. The zero-order chi connectivity index (χ0) is 30.0. The Kier molecular flexibility index (Phi) is 7.99. The van der Waals surface area contributed by atoms with Gasteiger partial charge in [0.25, 0.3) is 11.8 Å². The lowest BCUT2D eigenvalue weighted by Crippen LogP contribution is -2.49. The highest BCUT2D eigenvalue weighted by atomic mass is 35.5. The predicted octanol–water partition coefficient (Wildman–Crippen LogP) is 4.55. The van der Waals surface area contributed by atoms with Crippen molar-refractivity contribution in [1.29, 1.82) is 0 Å². The number of carbonyl (C=O) groups excluding carboxylic acids is 3. The van der Waals surface area contributed by atoms with Crippen molar-refractivity contribution in [3.63, 3.8) is 0 Å². The molecule has 12 nitrogen and oxygen atoms in total. The summed E-state index contributed by atoms with van der Waals surface area (Å²) in [5.41, 5.74) is 1.92. The highest BCUT2D eigenvalue weighted by molar-refractivity contribution is 6.31. The van der Waals surface area contributed by atoms with Gasteiger partial charge in [0.2, 0.25) is 17.7 Å². The second-order valence-corrected chi connectivity index (χ2v) is 11.3. The van der Waals surface area contributed by atoms with Crippen LogP contribution in [0, 0.1) is 0 Å². The molecule has 1 fully saturated rings. The second kappa shape index (κ2) is 11.6. The highest BCUT2D eigenvalue weighted by Gasteiger charge is 2.32. The molecule has 0 bridgehead atoms. The number of benzene rings is 2. The first-order valence-electron chi connectivity index (χ1n) is 13.3. The standard InChI is InChI=1S/C29H29ClN6O6/c1-29(2,3)42-28(40)34-36(15-17-6-8-18(9-7-17)25-33-31-16-41-25)26(38)22-23(27(39)35-12-4-5-13-35)32-21-14-19(30)10-11-20(21)24(22)37/h6-11,14,16H,4-5,12-13,15H2,1-3H3,(H,32,37)(H,34,40). The number of halogens is 1. The van der Waals surface area contributed by atoms with Crippen LogP contribution in [0.3, 0.4) is 0 Å². The number of hydrazine groups is 1. The molecule has 1 aliphatic rings. The molecule has 2 aromatic heterocycles. The van der Waals surface area contributed by atoms with Crippen LogP contribution in [0.5, 0.6) is 0 Å². The third-order valence-electron chi connectivity index (χ3n) is 6.56. The van der Waals surface area contributed by atoms with Crippen molar-refractivity contribution in [3.8, 4) is 11.5 Å². The van der Waals surface area contributed by atoms with Gasteiger partial charge >= 0.3 is 6.09 Å². The van der Waals surface area contributed by atoms with Crippen molar-refractivity contribution in [2.45, 2.75) is 45.8 Å². The minimum Gasteiger partial charge on any atom is -0.443 e. The molecule has 1 aliphatic heterocycles. The fraction of sp³-hybridized carbons (Fsp3) is 0.310. The molecule has 0 atom stereocenters. The van der Waals surface area contributed by atoms with Gasteiger partial charge in [0.1, 0.15) is 16.9 Å². The number of pyridine rings is 1. The van der Waals surface area contributed by atoms with Crippen LogP contribution in [0.15, 0.2) is 58.1 Å². The molecule has 2 N–H and O–H groups in total. The molecule has 0 aliphatic carbocycles. The van der Waals surface area contributed by atoms with Gasteiger partial charge in [-0.15, -0.1) is 10.2 Å². The molecule has 2 aromatic carbocycles. The maximum absolute atomic E-state index is 14.2. The Labute approximate surface area is 245 Å². The Morgan fingerprint density at radius 3 is 2.48 bits per heavy atom. The van der Waals surface area contributed by atoms with Crippen molar-refractivity contribution in [2.75, 3.05) is 13.1 Å². The van der Waals surface area contributed by atoms with E-state index in [2.05, 4.69) is 20.6 Å². The molecule has 5 rings (SSSR count). The number of aromatic amines is 1. The number of nitrogens with one attached hydrogen (secondary N) is 2. The molecule has 0 radical (unpaired) electrons. The second-order valence-electron chi connectivity index (χ2n) is 10.8. The number of H-pyrrole nitrogens is 1. The average Bonchev–Trinajstić information content (AvgIpc) is 3.66. The first-order chi connectivity index (χ1) is 20.0. The Morgan fingerprint density at radius 1 is 1.12 bits per heavy atom. The van der Waals surface area contributed by atoms with Crippen LogP contribution in [-0.2, 0) is 11.3 Å². The predicted molar refractivity (Wildman–Crippen MR) is 154 cm³/mol. The number of aromatic nitrogens is 3. The molecule has 3 heterocycles. The summed E-state index contributed by atoms with van der Waals surface area (Å²) in [6.45, 7) is 5.88. The van der Waals surface area contributed by atoms with E-state index >= 15 is 0 Å². The highest BCUT2D eigenvalue weighted by Crippen LogP contribution is 2.22. The number of hydrogen-bond acceptors (Lipinski definition) is 8. The van der Waals surface area contributed by atoms with Crippen molar-refractivity contribution < 1.29 is 23.5 Å². The molecule has 13 heteroatoms. The smallest absolute Gasteiger partial charge is 0.426 e. The van der Waals surface area contributed by atoms with Crippen molar-refractivity contribution in [2.24, 2.45) is 0 Å². The zero-order valence-corrected chi connectivity index (χ0v) is 24.0. The summed E-state index contributed by atoms with van der Waals surface area (Å²) in [6, 6.07) is 11.4. The first kappa shape index (κ1) is 28.8. The summed E-state index contributed by atoms with van der Waals surface area (Å²) in [5, 5.41) is 9.04. The number of fused-ring (bicyclic) bond motifs is 1. The van der Waals surface area contributed by atoms with Crippen LogP contribution < -0.4 is 10.9 Å². The zero-order valence-electron chi connectivity index (χ0n) is 23.3. The Bertz CT molecular complexity index is 1690. The maximum atomic E-state index is 14.2. The molecule has 0 unspecified atom stereocenters. The Morgan fingerprint density at radius 2 is 1.83 bits per heavy atom. The molecule has 4 aromatic rings. The van der Waals surface area contributed by atoms with E-state index in [4.69, 9.17) is 20.8 Å². The minimum absolute atomic E-state index is 0.155. The van der Waals surface area contributed by atoms with Crippen molar-refractivity contribution in [1.82, 2.24) is 30.5 Å². The SMILES string of the molecule is CC(C)(C)OC(=O)NN(Cc1ccc(-c2nnco2)cc1)C(=O)c1c(C(=O)N2CCCC2)[nH]c2cc(Cl)ccc2c1=O. The molecule has 1 saturated heterocycles. The molecule has 3 amide bonds. The van der Waals surface area contributed by atoms with E-state index in [-0.39, 0.29) is 17.6 Å². The van der Waals surface area contributed by atoms with Crippen LogP contribution in [0.25, 0.3) is 22.4 Å². The van der Waals surface area contributed by atoms with Crippen LogP contribution in [0.4, 0.5) is 4.79 Å². The largest absolute Gasteiger partial charge is 0.443 e. The minimum atomic E-state index is -0.908. The summed E-state index contributed by atoms with van der Waals surface area (Å²) in [6.07, 6.45) is 1.93. The molecular weight excluding hydrogens is 564 g/mol. The van der Waals surface area contributed by atoms with Crippen LogP contribution in [0.2, 0.25) is 5.02 Å². The molecule has 0 spiro atoms. The number of ether oxygens (including phenoxy) is 1. The van der Waals surface area contributed by atoms with Crippen LogP contribution in [0.1, 0.15) is 60.0 Å². The van der Waals surface area contributed by atoms with E-state index in [0.717, 1.165) is 17.9 Å². The lowest BCUT2D eigenvalue weighted by molar-refractivity contribution is 0.0280. The maximum Gasteiger partial charge on any atom is 0.426 e. The first-order valence-corrected chi connectivity index (χ1v) is 13.7. The number of likely N-dealkylation sites (tertiary alicyclic amines) is 1. The number of amides is 3. The van der Waals surface area contributed by atoms with Gasteiger partial charge in [0.05, 0.1) is 12.1 Å². The van der Waals surface area contributed by atoms with Gasteiger partial charge < -0.3 is 19.0 Å². The molecule has 42 heavy (non-hydrogen) atoms. The summed E-state index contributed by atoms with van der Waals surface area (Å²) in [4.78, 5) is 59.0. The summed E-state index contributed by atoms with van der Waals surface area (Å²) >= 11 is 6.16. The van der Waals surface area contributed by atoms with Crippen LogP contribution >= 0.6 is 11.6 Å². The van der Waals surface area contributed by atoms with E-state index in [1.165, 1.54) is 24.6 Å². The number of rotatable bonds is 5. The van der Waals surface area contributed by atoms with E-state index in [1.54, 1.807) is 49.9 Å². The van der Waals surface area contributed by atoms with Gasteiger partial charge in [0, 0.05) is 29.1 Å². The Balaban J connectivity index is 1.57. The van der Waals surface area contributed by atoms with E-state index < -0.39 is 34.5 Å². The van der Waals surface area contributed by atoms with Gasteiger partial charge in [-0.25, -0.2) is 15.2 Å². The van der Waals surface area contributed by atoms with Gasteiger partial charge in [-0.1, -0.05) is 23.7 Å². The van der Waals surface area contributed by atoms with Gasteiger partial charge in [-0.2, -0.15) is 0 Å². The average molecular weight is 593 g/mol. The fourth-order valence-corrected chi connectivity index (χ4v) is 4.82. The van der Waals surface area contributed by atoms with Crippen molar-refractivity contribution in [3.05, 3.63) is 80.9 Å². The Hall–Kier alpha value is -4.71. The van der Waals surface area contributed by atoms with Crippen molar-refractivity contribution >= 4 is 40.4 Å². The number of nitrogens with zero attached hydrogens (tertiary/aromatic N) is 4. The number of carbonyl (C=O) groups is 3. The van der Waals surface area contributed by atoms with E-state index in [9.17, 15) is 19.2 Å². The third-order valence-corrected chi connectivity index (χ3v) is 6.79. The summed E-state index contributed by atoms with van der Waals surface area (Å²) in [5.74, 6) is -1.06. The van der Waals surface area contributed by atoms with Crippen LogP contribution in [-0.4, -0.2) is 61.7 Å². The number of hydrogen-bond donors (Lipinski definition) is 2. The third kappa shape index (κ3) is 6.28. The quantitative estimate of drug-likeness (QED) is 0.320. The topological polar surface area (TPSA) is 151 Å². The fourth-order valence-electron chi connectivity index (χ4n) is 4.65. The summed E-state index contributed by atoms with van der Waals surface area (Å²) in [7, 11) is 0. The normalized spacial score (nSPS) is 13.3. The van der Waals surface area contributed by atoms with E-state index in [0.29, 0.717) is 40.6 Å². The summed E-state index contributed by atoms with van der Waals surface area (Å²) < 4.78 is 10.6. The monoisotopic (exact) mass is 592 g/mol.